The van der Waals surface area contributed by atoms with Crippen molar-refractivity contribution in [3.05, 3.63) is 30.1 Å². The van der Waals surface area contributed by atoms with Gasteiger partial charge in [0, 0.05) is 0 Å². The molecule has 1 aromatic carbocycles. The third-order valence-corrected chi connectivity index (χ3v) is 2.76. The van der Waals surface area contributed by atoms with Crippen LogP contribution in [0.1, 0.15) is 13.3 Å². The van der Waals surface area contributed by atoms with Gasteiger partial charge in [-0.1, -0.05) is 12.1 Å². The fraction of sp³-hybridized carbons (Fsp3) is 0.333. The van der Waals surface area contributed by atoms with Crippen LogP contribution in [0, 0.1) is 5.82 Å². The van der Waals surface area contributed by atoms with Gasteiger partial charge in [-0.2, -0.15) is 13.2 Å². The molecule has 0 heterocycles. The Bertz CT molecular complexity index is 564. The molecule has 0 saturated heterocycles. The van der Waals surface area contributed by atoms with Crippen LogP contribution >= 0.6 is 12.2 Å². The summed E-state index contributed by atoms with van der Waals surface area (Å²) in [5, 5.41) is 11.3. The van der Waals surface area contributed by atoms with Crippen LogP contribution in [-0.2, 0) is 4.79 Å². The fourth-order valence-corrected chi connectivity index (χ4v) is 1.46. The molecule has 122 valence electrons. The van der Waals surface area contributed by atoms with Crippen molar-refractivity contribution in [1.29, 1.82) is 0 Å². The van der Waals surface area contributed by atoms with Gasteiger partial charge in [-0.15, -0.1) is 0 Å². The molecular weight excluding hydrogens is 326 g/mol. The topological polar surface area (TPSA) is 73.4 Å². The Balaban J connectivity index is 2.48. The largest absolute Gasteiger partial charge is 0.417 e. The molecule has 0 spiro atoms. The lowest BCUT2D eigenvalue weighted by Crippen LogP contribution is -2.50. The molecule has 0 aromatic heterocycles. The molecule has 1 rings (SSSR count). The maximum atomic E-state index is 13.3. The first kappa shape index (κ1) is 18.1. The van der Waals surface area contributed by atoms with Crippen molar-refractivity contribution in [2.24, 2.45) is 0 Å². The quantitative estimate of drug-likeness (QED) is 0.384. The van der Waals surface area contributed by atoms with Gasteiger partial charge in [0.2, 0.25) is 5.91 Å². The number of para-hydroxylation sites is 1. The number of halogens is 4. The minimum atomic E-state index is -4.95. The molecule has 0 bridgehead atoms. The zero-order valence-electron chi connectivity index (χ0n) is 11.3. The van der Waals surface area contributed by atoms with Crippen molar-refractivity contribution >= 4 is 28.9 Å². The molecule has 1 atom stereocenters. The molecule has 0 radical (unpaired) electrons. The lowest BCUT2D eigenvalue weighted by Gasteiger charge is -2.25. The molecule has 0 aliphatic carbocycles. The summed E-state index contributed by atoms with van der Waals surface area (Å²) >= 11 is 4.74. The van der Waals surface area contributed by atoms with Crippen molar-refractivity contribution in [3.8, 4) is 0 Å². The number of aliphatic hydroxyl groups is 1. The Labute approximate surface area is 128 Å². The summed E-state index contributed by atoms with van der Waals surface area (Å²) in [6, 6.07) is 5.54. The molecule has 1 aromatic rings. The summed E-state index contributed by atoms with van der Waals surface area (Å²) < 4.78 is 50.5. The summed E-state index contributed by atoms with van der Waals surface area (Å²) in [6.07, 6.45) is -6.16. The highest BCUT2D eigenvalue weighted by molar-refractivity contribution is 7.80. The first-order valence-electron chi connectivity index (χ1n) is 5.92. The Morgan fingerprint density at radius 1 is 1.27 bits per heavy atom. The molecule has 1 amide bonds. The monoisotopic (exact) mass is 339 g/mol. The number of carbonyl (C=O) groups excluding carboxylic acids is 1. The van der Waals surface area contributed by atoms with Crippen LogP contribution in [0.3, 0.4) is 0 Å². The molecule has 5 nitrogen and oxygen atoms in total. The van der Waals surface area contributed by atoms with Crippen LogP contribution in [0.2, 0.25) is 0 Å². The number of hydrazine groups is 1. The van der Waals surface area contributed by atoms with E-state index in [1.165, 1.54) is 24.3 Å². The number of rotatable bonds is 3. The summed E-state index contributed by atoms with van der Waals surface area (Å²) in [5.74, 6) is -1.74. The van der Waals surface area contributed by atoms with E-state index in [1.807, 2.05) is 5.43 Å². The molecule has 22 heavy (non-hydrogen) atoms. The zero-order chi connectivity index (χ0) is 17.0. The minimum absolute atomic E-state index is 0.0246. The third-order valence-electron chi connectivity index (χ3n) is 2.55. The van der Waals surface area contributed by atoms with Gasteiger partial charge >= 0.3 is 6.18 Å². The Morgan fingerprint density at radius 2 is 1.86 bits per heavy atom. The van der Waals surface area contributed by atoms with E-state index in [-0.39, 0.29) is 10.8 Å². The molecule has 0 aliphatic heterocycles. The highest BCUT2D eigenvalue weighted by atomic mass is 32.1. The molecule has 0 unspecified atom stereocenters. The van der Waals surface area contributed by atoms with Crippen LogP contribution in [0.15, 0.2) is 24.3 Å². The maximum Gasteiger partial charge on any atom is 0.417 e. The highest BCUT2D eigenvalue weighted by Gasteiger charge is 2.51. The van der Waals surface area contributed by atoms with E-state index in [4.69, 9.17) is 17.3 Å². The molecule has 4 N–H and O–H groups in total. The van der Waals surface area contributed by atoms with Gasteiger partial charge in [-0.25, -0.2) is 4.39 Å². The second kappa shape index (κ2) is 6.88. The number of thiocarbonyl (C=S) groups is 1. The number of hydrogen-bond donors (Lipinski definition) is 4. The molecule has 0 saturated carbocycles. The average molecular weight is 339 g/mol. The van der Waals surface area contributed by atoms with E-state index < -0.39 is 29.9 Å². The smallest absolute Gasteiger partial charge is 0.380 e. The van der Waals surface area contributed by atoms with Gasteiger partial charge < -0.3 is 10.4 Å². The lowest BCUT2D eigenvalue weighted by molar-refractivity contribution is -0.253. The molecule has 10 heteroatoms. The third kappa shape index (κ3) is 5.11. The van der Waals surface area contributed by atoms with Crippen LogP contribution in [0.4, 0.5) is 23.2 Å². The second-order valence-corrected chi connectivity index (χ2v) is 4.96. The summed E-state index contributed by atoms with van der Waals surface area (Å²) in [5.41, 5.74) is 0.840. The van der Waals surface area contributed by atoms with Crippen molar-refractivity contribution in [2.75, 3.05) is 5.32 Å². The van der Waals surface area contributed by atoms with Gasteiger partial charge in [0.05, 0.1) is 12.1 Å². The van der Waals surface area contributed by atoms with Crippen LogP contribution in [0.5, 0.6) is 0 Å². The second-order valence-electron chi connectivity index (χ2n) is 4.56. The number of hydrogen-bond acceptors (Lipinski definition) is 3. The fourth-order valence-electron chi connectivity index (χ4n) is 1.30. The highest BCUT2D eigenvalue weighted by Crippen LogP contribution is 2.32. The standard InChI is InChI=1S/C12H13F4N3O2S/c1-11(21,12(14,15)16)6-9(20)18-19-10(22)17-8-5-3-2-4-7(8)13/h2-5,21H,6H2,1H3,(H,18,20)(H2,17,19,22)/t11-/m1/s1. The molecular formula is C12H13F4N3O2S. The summed E-state index contributed by atoms with van der Waals surface area (Å²) in [7, 11) is 0. The average Bonchev–Trinajstić information content (AvgIpc) is 2.37. The number of anilines is 1. The first-order chi connectivity index (χ1) is 10.0. The number of carbonyl (C=O) groups is 1. The molecule has 0 aliphatic rings. The zero-order valence-corrected chi connectivity index (χ0v) is 12.1. The summed E-state index contributed by atoms with van der Waals surface area (Å²) in [4.78, 5) is 11.3. The van der Waals surface area contributed by atoms with Crippen molar-refractivity contribution in [3.63, 3.8) is 0 Å². The normalized spacial score (nSPS) is 13.9. The van der Waals surface area contributed by atoms with Crippen LogP contribution < -0.4 is 16.2 Å². The van der Waals surface area contributed by atoms with Crippen molar-refractivity contribution < 1.29 is 27.5 Å². The van der Waals surface area contributed by atoms with Gasteiger partial charge in [0.25, 0.3) is 0 Å². The van der Waals surface area contributed by atoms with Gasteiger partial charge in [-0.05, 0) is 31.3 Å². The van der Waals surface area contributed by atoms with Gasteiger partial charge in [-0.3, -0.25) is 15.6 Å². The molecule has 0 fully saturated rings. The predicted octanol–water partition coefficient (Wildman–Crippen LogP) is 1.85. The van der Waals surface area contributed by atoms with E-state index in [0.29, 0.717) is 6.92 Å². The van der Waals surface area contributed by atoms with Crippen molar-refractivity contribution in [2.45, 2.75) is 25.1 Å². The minimum Gasteiger partial charge on any atom is -0.380 e. The SMILES string of the molecule is C[C@@](O)(CC(=O)NNC(=S)Nc1ccccc1F)C(F)(F)F. The lowest BCUT2D eigenvalue weighted by atomic mass is 10.0. The van der Waals surface area contributed by atoms with Crippen molar-refractivity contribution in [1.82, 2.24) is 10.9 Å². The maximum absolute atomic E-state index is 13.3. The Kier molecular flexibility index (Phi) is 5.66. The number of amides is 1. The number of benzene rings is 1. The van der Waals surface area contributed by atoms with Gasteiger partial charge in [0.1, 0.15) is 5.82 Å². The van der Waals surface area contributed by atoms with E-state index in [1.54, 1.807) is 0 Å². The van der Waals surface area contributed by atoms with E-state index in [0.717, 1.165) is 0 Å². The van der Waals surface area contributed by atoms with Crippen LogP contribution in [0.25, 0.3) is 0 Å². The predicted molar refractivity (Wildman–Crippen MR) is 75.2 cm³/mol. The summed E-state index contributed by atoms with van der Waals surface area (Å²) in [6.45, 7) is 0.475. The Morgan fingerprint density at radius 3 is 2.41 bits per heavy atom. The number of nitrogens with one attached hydrogen (secondary N) is 3. The van der Waals surface area contributed by atoms with E-state index in [2.05, 4.69) is 10.7 Å². The van der Waals surface area contributed by atoms with E-state index >= 15 is 0 Å². The number of alkyl halides is 3. The van der Waals surface area contributed by atoms with Gasteiger partial charge in [0.15, 0.2) is 10.7 Å². The van der Waals surface area contributed by atoms with Crippen LogP contribution in [-0.4, -0.2) is 27.9 Å². The Hall–Kier alpha value is -1.94. The van der Waals surface area contributed by atoms with E-state index in [9.17, 15) is 22.4 Å². The first-order valence-corrected chi connectivity index (χ1v) is 6.33.